The summed E-state index contributed by atoms with van der Waals surface area (Å²) in [5.74, 6) is -1.05. The van der Waals surface area contributed by atoms with Crippen molar-refractivity contribution in [3.05, 3.63) is 69.2 Å². The molecule has 154 valence electrons. The van der Waals surface area contributed by atoms with Gasteiger partial charge in [0.1, 0.15) is 6.54 Å². The minimum Gasteiger partial charge on any atom is -0.343 e. The second kappa shape index (κ2) is 8.63. The first-order valence-corrected chi connectivity index (χ1v) is 9.60. The molecular formula is C20H17Cl2F3N2O2. The van der Waals surface area contributed by atoms with E-state index in [1.165, 1.54) is 12.1 Å². The standard InChI is InChI=1S/C20H17Cl2F3N2O2/c21-16-3-1-2-15(17(16)22)19(29)27(14-8-9-14)10-12-4-6-13(7-5-12)18(28)26-11-20(23,24)25/h1-7,14H,8-11H2,(H,26,28). The van der Waals surface area contributed by atoms with Gasteiger partial charge in [-0.3, -0.25) is 9.59 Å². The van der Waals surface area contributed by atoms with Crippen molar-refractivity contribution in [3.8, 4) is 0 Å². The molecule has 1 aliphatic rings. The van der Waals surface area contributed by atoms with Gasteiger partial charge >= 0.3 is 6.18 Å². The molecular weight excluding hydrogens is 428 g/mol. The highest BCUT2D eigenvalue weighted by molar-refractivity contribution is 6.43. The second-order valence-electron chi connectivity index (χ2n) is 6.76. The van der Waals surface area contributed by atoms with Gasteiger partial charge in [-0.1, -0.05) is 41.4 Å². The highest BCUT2D eigenvalue weighted by Gasteiger charge is 2.34. The number of carbonyl (C=O) groups is 2. The first-order valence-electron chi connectivity index (χ1n) is 8.84. The van der Waals surface area contributed by atoms with E-state index in [-0.39, 0.29) is 29.1 Å². The molecule has 2 aromatic rings. The fourth-order valence-corrected chi connectivity index (χ4v) is 3.20. The molecule has 0 aliphatic heterocycles. The SMILES string of the molecule is O=C(NCC(F)(F)F)c1ccc(CN(C(=O)c2cccc(Cl)c2Cl)C2CC2)cc1. The lowest BCUT2D eigenvalue weighted by Crippen LogP contribution is -2.34. The van der Waals surface area contributed by atoms with Gasteiger partial charge in [0.25, 0.3) is 11.8 Å². The summed E-state index contributed by atoms with van der Waals surface area (Å²) in [6, 6.07) is 11.1. The van der Waals surface area contributed by atoms with Crippen molar-refractivity contribution in [3.63, 3.8) is 0 Å². The molecule has 1 fully saturated rings. The molecule has 0 atom stereocenters. The molecule has 0 aromatic heterocycles. The zero-order valence-corrected chi connectivity index (χ0v) is 16.6. The topological polar surface area (TPSA) is 49.4 Å². The molecule has 1 aliphatic carbocycles. The Labute approximate surface area is 175 Å². The first-order chi connectivity index (χ1) is 13.7. The second-order valence-corrected chi connectivity index (χ2v) is 7.55. The van der Waals surface area contributed by atoms with Crippen LogP contribution >= 0.6 is 23.2 Å². The number of benzene rings is 2. The summed E-state index contributed by atoms with van der Waals surface area (Å²) in [4.78, 5) is 26.5. The van der Waals surface area contributed by atoms with Crippen molar-refractivity contribution < 1.29 is 22.8 Å². The van der Waals surface area contributed by atoms with Crippen molar-refractivity contribution in [1.82, 2.24) is 10.2 Å². The summed E-state index contributed by atoms with van der Waals surface area (Å²) in [7, 11) is 0. The molecule has 29 heavy (non-hydrogen) atoms. The molecule has 0 radical (unpaired) electrons. The van der Waals surface area contributed by atoms with Crippen LogP contribution in [0.1, 0.15) is 39.1 Å². The van der Waals surface area contributed by atoms with Crippen molar-refractivity contribution in [2.24, 2.45) is 0 Å². The highest BCUT2D eigenvalue weighted by atomic mass is 35.5. The minimum atomic E-state index is -4.47. The smallest absolute Gasteiger partial charge is 0.343 e. The van der Waals surface area contributed by atoms with Crippen molar-refractivity contribution >= 4 is 35.0 Å². The van der Waals surface area contributed by atoms with E-state index in [1.807, 2.05) is 5.32 Å². The Kier molecular flexibility index (Phi) is 6.39. The van der Waals surface area contributed by atoms with Gasteiger partial charge in [0, 0.05) is 18.2 Å². The molecule has 2 amide bonds. The number of hydrogen-bond donors (Lipinski definition) is 1. The van der Waals surface area contributed by atoms with E-state index in [4.69, 9.17) is 23.2 Å². The third-order valence-corrected chi connectivity index (χ3v) is 5.27. The van der Waals surface area contributed by atoms with Crippen LogP contribution in [0.25, 0.3) is 0 Å². The van der Waals surface area contributed by atoms with Gasteiger partial charge in [-0.2, -0.15) is 13.2 Å². The van der Waals surface area contributed by atoms with Gasteiger partial charge < -0.3 is 10.2 Å². The number of halogens is 5. The molecule has 1 N–H and O–H groups in total. The fourth-order valence-electron chi connectivity index (χ4n) is 2.82. The molecule has 0 heterocycles. The van der Waals surface area contributed by atoms with Crippen LogP contribution < -0.4 is 5.32 Å². The maximum atomic E-state index is 13.0. The van der Waals surface area contributed by atoms with Crippen molar-refractivity contribution in [1.29, 1.82) is 0 Å². The average Bonchev–Trinajstić information content (AvgIpc) is 3.51. The van der Waals surface area contributed by atoms with E-state index in [0.717, 1.165) is 18.4 Å². The Bertz CT molecular complexity index is 913. The maximum absolute atomic E-state index is 13.0. The number of alkyl halides is 3. The van der Waals surface area contributed by atoms with Gasteiger partial charge in [0.05, 0.1) is 15.6 Å². The number of nitrogens with one attached hydrogen (secondary N) is 1. The van der Waals surface area contributed by atoms with Crippen LogP contribution in [0, 0.1) is 0 Å². The Morgan fingerprint density at radius 2 is 1.72 bits per heavy atom. The lowest BCUT2D eigenvalue weighted by molar-refractivity contribution is -0.123. The zero-order valence-electron chi connectivity index (χ0n) is 15.1. The Balaban J connectivity index is 1.71. The largest absolute Gasteiger partial charge is 0.405 e. The molecule has 3 rings (SSSR count). The third kappa shape index (κ3) is 5.64. The van der Waals surface area contributed by atoms with Crippen LogP contribution in [0.4, 0.5) is 13.2 Å². The fraction of sp³-hybridized carbons (Fsp3) is 0.300. The number of rotatable bonds is 6. The molecule has 2 aromatic carbocycles. The van der Waals surface area contributed by atoms with Crippen LogP contribution in [-0.2, 0) is 6.54 Å². The third-order valence-electron chi connectivity index (χ3n) is 4.45. The Hall–Kier alpha value is -2.25. The quantitative estimate of drug-likeness (QED) is 0.674. The molecule has 4 nitrogen and oxygen atoms in total. The Morgan fingerprint density at radius 1 is 1.07 bits per heavy atom. The number of nitrogens with zero attached hydrogens (tertiary/aromatic N) is 1. The van der Waals surface area contributed by atoms with Crippen molar-refractivity contribution in [2.75, 3.05) is 6.54 Å². The molecule has 0 spiro atoms. The molecule has 0 unspecified atom stereocenters. The van der Waals surface area contributed by atoms with Crippen LogP contribution in [0.2, 0.25) is 10.0 Å². The van der Waals surface area contributed by atoms with E-state index in [2.05, 4.69) is 0 Å². The Morgan fingerprint density at radius 3 is 2.31 bits per heavy atom. The maximum Gasteiger partial charge on any atom is 0.405 e. The molecule has 1 saturated carbocycles. The monoisotopic (exact) mass is 444 g/mol. The van der Waals surface area contributed by atoms with E-state index < -0.39 is 18.6 Å². The van der Waals surface area contributed by atoms with Gasteiger partial charge in [-0.15, -0.1) is 0 Å². The zero-order chi connectivity index (χ0) is 21.2. The average molecular weight is 445 g/mol. The summed E-state index contributed by atoms with van der Waals surface area (Å²) in [5, 5.41) is 2.31. The van der Waals surface area contributed by atoms with Crippen LogP contribution in [0.3, 0.4) is 0 Å². The van der Waals surface area contributed by atoms with Gasteiger partial charge in [-0.25, -0.2) is 0 Å². The number of carbonyl (C=O) groups excluding carboxylic acids is 2. The first kappa shape index (κ1) is 21.5. The van der Waals surface area contributed by atoms with Crippen LogP contribution in [0.5, 0.6) is 0 Å². The predicted octanol–water partition coefficient (Wildman–Crippen LogP) is 5.09. The normalized spacial score (nSPS) is 13.8. The van der Waals surface area contributed by atoms with Crippen LogP contribution in [-0.4, -0.2) is 35.5 Å². The van der Waals surface area contributed by atoms with Crippen molar-refractivity contribution in [2.45, 2.75) is 31.6 Å². The summed E-state index contributed by atoms with van der Waals surface area (Å²) < 4.78 is 36.7. The molecule has 9 heteroatoms. The number of amides is 2. The summed E-state index contributed by atoms with van der Waals surface area (Å²) in [6.45, 7) is -1.10. The summed E-state index contributed by atoms with van der Waals surface area (Å²) in [5.41, 5.74) is 1.17. The predicted molar refractivity (Wildman–Crippen MR) is 104 cm³/mol. The lowest BCUT2D eigenvalue weighted by atomic mass is 10.1. The van der Waals surface area contributed by atoms with E-state index in [9.17, 15) is 22.8 Å². The summed E-state index contributed by atoms with van der Waals surface area (Å²) >= 11 is 12.2. The molecule has 0 saturated heterocycles. The van der Waals surface area contributed by atoms with E-state index >= 15 is 0 Å². The highest BCUT2D eigenvalue weighted by Crippen LogP contribution is 2.33. The van der Waals surface area contributed by atoms with Gasteiger partial charge in [0.15, 0.2) is 0 Å². The minimum absolute atomic E-state index is 0.0901. The van der Waals surface area contributed by atoms with Gasteiger partial charge in [0.2, 0.25) is 0 Å². The van der Waals surface area contributed by atoms with E-state index in [1.54, 1.807) is 35.2 Å². The van der Waals surface area contributed by atoms with Crippen LogP contribution in [0.15, 0.2) is 42.5 Å². The lowest BCUT2D eigenvalue weighted by Gasteiger charge is -2.23. The van der Waals surface area contributed by atoms with E-state index in [0.29, 0.717) is 10.6 Å². The summed E-state index contributed by atoms with van der Waals surface area (Å²) in [6.07, 6.45) is -2.72. The van der Waals surface area contributed by atoms with Gasteiger partial charge in [-0.05, 0) is 42.7 Å². The molecule has 0 bridgehead atoms. The number of hydrogen-bond acceptors (Lipinski definition) is 2.